The van der Waals surface area contributed by atoms with Crippen LogP contribution in [-0.4, -0.2) is 72.4 Å². The number of aromatic nitrogens is 1. The van der Waals surface area contributed by atoms with Gasteiger partial charge in [-0.3, -0.25) is 9.69 Å². The predicted octanol–water partition coefficient (Wildman–Crippen LogP) is 2.67. The molecule has 2 saturated heterocycles. The van der Waals surface area contributed by atoms with Gasteiger partial charge >= 0.3 is 6.09 Å². The molecule has 2 aliphatic rings. The van der Waals surface area contributed by atoms with E-state index in [0.717, 1.165) is 5.82 Å². The maximum Gasteiger partial charge on any atom is 0.414 e. The van der Waals surface area contributed by atoms with E-state index in [1.165, 1.54) is 4.90 Å². The number of halogens is 2. The molecule has 2 aliphatic heterocycles. The zero-order valence-electron chi connectivity index (χ0n) is 16.0. The Morgan fingerprint density at radius 3 is 2.57 bits per heavy atom. The first-order valence-corrected chi connectivity index (χ1v) is 10.3. The van der Waals surface area contributed by atoms with Crippen molar-refractivity contribution in [2.24, 2.45) is 0 Å². The van der Waals surface area contributed by atoms with Crippen LogP contribution in [0.5, 0.6) is 0 Å². The number of benzene rings is 1. The highest BCUT2D eigenvalue weighted by molar-refractivity contribution is 6.35. The largest absolute Gasteiger partial charge is 0.441 e. The highest BCUT2D eigenvalue weighted by Gasteiger charge is 2.32. The van der Waals surface area contributed by atoms with Crippen LogP contribution < -0.4 is 9.80 Å². The zero-order chi connectivity index (χ0) is 21.3. The van der Waals surface area contributed by atoms with Crippen LogP contribution in [0, 0.1) is 0 Å². The molecular formula is C20H20Cl2N4O4. The minimum absolute atomic E-state index is 0.142. The third kappa shape index (κ3) is 4.16. The van der Waals surface area contributed by atoms with Gasteiger partial charge < -0.3 is 19.6 Å². The Morgan fingerprint density at radius 2 is 1.93 bits per heavy atom. The fraction of sp³-hybridized carbons (Fsp3) is 0.350. The Kier molecular flexibility index (Phi) is 5.99. The Labute approximate surface area is 183 Å². The first kappa shape index (κ1) is 20.7. The van der Waals surface area contributed by atoms with E-state index >= 15 is 0 Å². The van der Waals surface area contributed by atoms with Crippen molar-refractivity contribution in [1.29, 1.82) is 0 Å². The third-order valence-electron chi connectivity index (χ3n) is 5.17. The summed E-state index contributed by atoms with van der Waals surface area (Å²) in [6.07, 6.45) is 0.603. The third-order valence-corrected chi connectivity index (χ3v) is 5.74. The van der Waals surface area contributed by atoms with Gasteiger partial charge in [-0.1, -0.05) is 23.2 Å². The minimum atomic E-state index is -0.518. The van der Waals surface area contributed by atoms with E-state index in [1.54, 1.807) is 35.4 Å². The molecule has 30 heavy (non-hydrogen) atoms. The van der Waals surface area contributed by atoms with E-state index in [-0.39, 0.29) is 12.5 Å². The van der Waals surface area contributed by atoms with Crippen LogP contribution in [0.25, 0.3) is 0 Å². The molecule has 10 heteroatoms. The number of aliphatic hydroxyl groups excluding tert-OH is 1. The smallest absolute Gasteiger partial charge is 0.414 e. The maximum absolute atomic E-state index is 12.8. The molecule has 0 saturated carbocycles. The van der Waals surface area contributed by atoms with Gasteiger partial charge in [-0.15, -0.1) is 0 Å². The monoisotopic (exact) mass is 450 g/mol. The fourth-order valence-corrected chi connectivity index (χ4v) is 3.89. The molecule has 8 nitrogen and oxygen atoms in total. The van der Waals surface area contributed by atoms with Crippen molar-refractivity contribution >= 4 is 46.7 Å². The molecule has 2 fully saturated rings. The summed E-state index contributed by atoms with van der Waals surface area (Å²) in [4.78, 5) is 34.4. The number of pyridine rings is 1. The molecule has 2 amide bonds. The van der Waals surface area contributed by atoms with Crippen LogP contribution in [-0.2, 0) is 4.74 Å². The van der Waals surface area contributed by atoms with Crippen molar-refractivity contribution in [3.63, 3.8) is 0 Å². The Balaban J connectivity index is 1.38. The summed E-state index contributed by atoms with van der Waals surface area (Å²) in [6.45, 7) is 2.38. The number of hydrogen-bond donors (Lipinski definition) is 1. The van der Waals surface area contributed by atoms with Gasteiger partial charge in [0.1, 0.15) is 11.9 Å². The van der Waals surface area contributed by atoms with Crippen molar-refractivity contribution in [3.8, 4) is 0 Å². The van der Waals surface area contributed by atoms with E-state index in [0.29, 0.717) is 54.0 Å². The summed E-state index contributed by atoms with van der Waals surface area (Å²) in [5.41, 5.74) is 1.02. The van der Waals surface area contributed by atoms with Gasteiger partial charge in [-0.2, -0.15) is 0 Å². The van der Waals surface area contributed by atoms with Gasteiger partial charge in [-0.05, 0) is 30.3 Å². The van der Waals surface area contributed by atoms with E-state index < -0.39 is 12.2 Å². The zero-order valence-corrected chi connectivity index (χ0v) is 17.5. The first-order chi connectivity index (χ1) is 14.5. The number of hydrogen-bond acceptors (Lipinski definition) is 6. The van der Waals surface area contributed by atoms with E-state index in [4.69, 9.17) is 33.0 Å². The molecule has 0 radical (unpaired) electrons. The van der Waals surface area contributed by atoms with Crippen molar-refractivity contribution in [3.05, 3.63) is 52.1 Å². The van der Waals surface area contributed by atoms with E-state index in [2.05, 4.69) is 9.88 Å². The van der Waals surface area contributed by atoms with Crippen molar-refractivity contribution in [2.45, 2.75) is 6.10 Å². The molecule has 0 spiro atoms. The van der Waals surface area contributed by atoms with Gasteiger partial charge in [0, 0.05) is 31.2 Å². The van der Waals surface area contributed by atoms with Gasteiger partial charge in [0.25, 0.3) is 5.91 Å². The molecule has 0 bridgehead atoms. The number of ether oxygens (including phenoxy) is 1. The molecule has 1 aromatic heterocycles. The molecule has 1 aromatic carbocycles. The molecule has 0 unspecified atom stereocenters. The van der Waals surface area contributed by atoms with Gasteiger partial charge in [0.2, 0.25) is 0 Å². The van der Waals surface area contributed by atoms with Crippen molar-refractivity contribution in [1.82, 2.24) is 9.88 Å². The molecule has 158 valence electrons. The number of cyclic esters (lactones) is 1. The Morgan fingerprint density at radius 1 is 1.17 bits per heavy atom. The van der Waals surface area contributed by atoms with Gasteiger partial charge in [0.05, 0.1) is 35.6 Å². The summed E-state index contributed by atoms with van der Waals surface area (Å²) in [6, 6.07) is 8.49. The van der Waals surface area contributed by atoms with Crippen LogP contribution in [0.3, 0.4) is 0 Å². The molecule has 1 N–H and O–H groups in total. The number of piperazine rings is 1. The van der Waals surface area contributed by atoms with Gasteiger partial charge in [-0.25, -0.2) is 9.78 Å². The van der Waals surface area contributed by atoms with E-state index in [9.17, 15) is 9.59 Å². The highest BCUT2D eigenvalue weighted by Crippen LogP contribution is 2.25. The normalized spacial score (nSPS) is 19.2. The molecule has 2 aromatic rings. The number of anilines is 2. The fourth-order valence-electron chi connectivity index (χ4n) is 3.52. The van der Waals surface area contributed by atoms with Gasteiger partial charge in [0.15, 0.2) is 0 Å². The number of rotatable bonds is 4. The number of amides is 2. The quantitative estimate of drug-likeness (QED) is 0.770. The van der Waals surface area contributed by atoms with E-state index in [1.807, 2.05) is 6.07 Å². The lowest BCUT2D eigenvalue weighted by Crippen LogP contribution is -2.49. The molecular weight excluding hydrogens is 431 g/mol. The minimum Gasteiger partial charge on any atom is -0.441 e. The Bertz CT molecular complexity index is 948. The number of aliphatic hydroxyl groups is 1. The second-order valence-corrected chi connectivity index (χ2v) is 7.92. The summed E-state index contributed by atoms with van der Waals surface area (Å²) < 4.78 is 5.05. The van der Waals surface area contributed by atoms with Crippen LogP contribution in [0.4, 0.5) is 16.3 Å². The average molecular weight is 451 g/mol. The first-order valence-electron chi connectivity index (χ1n) is 9.50. The summed E-state index contributed by atoms with van der Waals surface area (Å²) in [5, 5.41) is 10.0. The second-order valence-electron chi connectivity index (χ2n) is 7.08. The van der Waals surface area contributed by atoms with Crippen LogP contribution in [0.1, 0.15) is 10.4 Å². The lowest BCUT2D eigenvalue weighted by atomic mass is 10.1. The predicted molar refractivity (Wildman–Crippen MR) is 114 cm³/mol. The summed E-state index contributed by atoms with van der Waals surface area (Å²) in [5.74, 6) is 0.620. The number of carbonyl (C=O) groups is 2. The molecule has 1 atom stereocenters. The van der Waals surface area contributed by atoms with Crippen LogP contribution in [0.2, 0.25) is 10.0 Å². The van der Waals surface area contributed by atoms with Crippen molar-refractivity contribution < 1.29 is 19.4 Å². The van der Waals surface area contributed by atoms with Crippen LogP contribution >= 0.6 is 23.2 Å². The molecule has 3 heterocycles. The Hall–Kier alpha value is -2.55. The highest BCUT2D eigenvalue weighted by atomic mass is 35.5. The number of nitrogens with zero attached hydrogens (tertiary/aromatic N) is 4. The maximum atomic E-state index is 12.8. The molecule has 0 aliphatic carbocycles. The van der Waals surface area contributed by atoms with Crippen molar-refractivity contribution in [2.75, 3.05) is 49.1 Å². The lowest BCUT2D eigenvalue weighted by molar-refractivity contribution is 0.0746. The topological polar surface area (TPSA) is 86.2 Å². The number of carbonyl (C=O) groups excluding carboxylic acids is 2. The summed E-state index contributed by atoms with van der Waals surface area (Å²) >= 11 is 12.2. The SMILES string of the molecule is O=C(c1cc(Cl)ccc1Cl)N1CCN(c2ccc(N3C[C@H](CO)OC3=O)cn2)CC1. The standard InChI is InChI=1S/C20H20Cl2N4O4/c21-13-1-3-17(22)16(9-13)19(28)25-7-5-24(6-8-25)18-4-2-14(10-23-18)26-11-15(12-27)30-20(26)29/h1-4,9-10,15,27H,5-8,11-12H2/t15-/m1/s1. The average Bonchev–Trinajstić information content (AvgIpc) is 3.16. The van der Waals surface area contributed by atoms with Crippen LogP contribution in [0.15, 0.2) is 36.5 Å². The lowest BCUT2D eigenvalue weighted by Gasteiger charge is -2.35. The second kappa shape index (κ2) is 8.67. The summed E-state index contributed by atoms with van der Waals surface area (Å²) in [7, 11) is 0. The molecule has 4 rings (SSSR count).